The van der Waals surface area contributed by atoms with Crippen LogP contribution in [0.2, 0.25) is 0 Å². The van der Waals surface area contributed by atoms with Gasteiger partial charge in [0.25, 0.3) is 11.6 Å². The van der Waals surface area contributed by atoms with Crippen LogP contribution < -0.4 is 11.1 Å². The summed E-state index contributed by atoms with van der Waals surface area (Å²) >= 11 is 0. The lowest BCUT2D eigenvalue weighted by atomic mass is 10.1. The Morgan fingerprint density at radius 3 is 2.45 bits per heavy atom. The van der Waals surface area contributed by atoms with Crippen LogP contribution in [0, 0.1) is 17.0 Å². The lowest BCUT2D eigenvalue weighted by Gasteiger charge is -2.06. The van der Waals surface area contributed by atoms with E-state index in [4.69, 9.17) is 5.73 Å². The first-order valence-electron chi connectivity index (χ1n) is 9.42. The van der Waals surface area contributed by atoms with Crippen LogP contribution in [0.3, 0.4) is 0 Å². The molecule has 8 nitrogen and oxygen atoms in total. The van der Waals surface area contributed by atoms with Crippen molar-refractivity contribution in [1.82, 2.24) is 4.40 Å². The topological polar surface area (TPSA) is 120 Å². The molecule has 0 aliphatic rings. The minimum Gasteiger partial charge on any atom is -0.396 e. The Kier molecular flexibility index (Phi) is 4.96. The van der Waals surface area contributed by atoms with Crippen LogP contribution in [-0.2, 0) is 0 Å². The third-order valence-electron chi connectivity index (χ3n) is 4.94. The van der Waals surface area contributed by atoms with Gasteiger partial charge in [0.15, 0.2) is 0 Å². The molecule has 3 N–H and O–H groups in total. The fourth-order valence-corrected chi connectivity index (χ4v) is 3.49. The Hall–Kier alpha value is -4.46. The molecule has 1 amide bonds. The average molecular weight is 414 g/mol. The molecule has 0 aliphatic heterocycles. The molecule has 154 valence electrons. The van der Waals surface area contributed by atoms with E-state index in [2.05, 4.69) is 5.32 Å². The first kappa shape index (κ1) is 19.8. The van der Waals surface area contributed by atoms with Crippen LogP contribution in [0.4, 0.5) is 17.1 Å². The summed E-state index contributed by atoms with van der Waals surface area (Å²) in [5.74, 6) is -0.877. The van der Waals surface area contributed by atoms with E-state index in [9.17, 15) is 19.7 Å². The number of benzene rings is 2. The quantitative estimate of drug-likeness (QED) is 0.288. The van der Waals surface area contributed by atoms with Gasteiger partial charge in [-0.1, -0.05) is 18.2 Å². The molecule has 0 fully saturated rings. The predicted molar refractivity (Wildman–Crippen MR) is 117 cm³/mol. The first-order valence-corrected chi connectivity index (χ1v) is 9.42. The number of aromatic nitrogens is 1. The summed E-state index contributed by atoms with van der Waals surface area (Å²) in [7, 11) is 0. The monoisotopic (exact) mass is 414 g/mol. The number of rotatable bonds is 5. The number of amides is 1. The average Bonchev–Trinajstić information content (AvgIpc) is 3.05. The van der Waals surface area contributed by atoms with Crippen molar-refractivity contribution in [2.45, 2.75) is 6.92 Å². The van der Waals surface area contributed by atoms with Crippen molar-refractivity contribution >= 4 is 34.3 Å². The summed E-state index contributed by atoms with van der Waals surface area (Å²) in [6, 6.07) is 17.8. The molecule has 0 spiro atoms. The van der Waals surface area contributed by atoms with Crippen LogP contribution in [-0.4, -0.2) is 21.0 Å². The fraction of sp³-hybridized carbons (Fsp3) is 0.0435. The molecule has 2 aromatic carbocycles. The minimum absolute atomic E-state index is 0.0414. The third kappa shape index (κ3) is 3.62. The zero-order chi connectivity index (χ0) is 22.1. The predicted octanol–water partition coefficient (Wildman–Crippen LogP) is 4.22. The van der Waals surface area contributed by atoms with Gasteiger partial charge in [-0.2, -0.15) is 0 Å². The molecule has 0 atom stereocenters. The molecule has 0 unspecified atom stereocenters. The van der Waals surface area contributed by atoms with Gasteiger partial charge >= 0.3 is 0 Å². The molecule has 0 bridgehead atoms. The molecule has 0 aliphatic carbocycles. The number of nitrogens with one attached hydrogen (secondary N) is 1. The summed E-state index contributed by atoms with van der Waals surface area (Å²) in [6.45, 7) is 1.92. The molecule has 2 aromatic heterocycles. The van der Waals surface area contributed by atoms with Gasteiger partial charge in [0.1, 0.15) is 5.69 Å². The van der Waals surface area contributed by atoms with E-state index in [0.29, 0.717) is 11.2 Å². The van der Waals surface area contributed by atoms with Crippen molar-refractivity contribution in [2.24, 2.45) is 0 Å². The normalized spacial score (nSPS) is 10.7. The Labute approximate surface area is 177 Å². The number of ketones is 1. The number of fused-ring (bicyclic) bond motifs is 1. The van der Waals surface area contributed by atoms with Crippen LogP contribution in [0.15, 0.2) is 72.9 Å². The highest BCUT2D eigenvalue weighted by Gasteiger charge is 2.26. The lowest BCUT2D eigenvalue weighted by Crippen LogP contribution is -2.14. The van der Waals surface area contributed by atoms with E-state index in [1.54, 1.807) is 34.9 Å². The van der Waals surface area contributed by atoms with Gasteiger partial charge in [-0.15, -0.1) is 0 Å². The molecule has 2 heterocycles. The number of hydrogen-bond acceptors (Lipinski definition) is 5. The maximum atomic E-state index is 13.2. The molecular formula is C23H18N4O4. The molecule has 4 aromatic rings. The van der Waals surface area contributed by atoms with Crippen molar-refractivity contribution in [3.05, 3.63) is 105 Å². The number of pyridine rings is 1. The summed E-state index contributed by atoms with van der Waals surface area (Å²) in [4.78, 5) is 36.6. The van der Waals surface area contributed by atoms with E-state index in [1.807, 2.05) is 25.1 Å². The van der Waals surface area contributed by atoms with E-state index >= 15 is 0 Å². The third-order valence-corrected chi connectivity index (χ3v) is 4.94. The van der Waals surface area contributed by atoms with Crippen LogP contribution in [0.1, 0.15) is 32.0 Å². The van der Waals surface area contributed by atoms with Gasteiger partial charge in [-0.25, -0.2) is 0 Å². The fourth-order valence-electron chi connectivity index (χ4n) is 3.49. The van der Waals surface area contributed by atoms with Crippen LogP contribution in [0.25, 0.3) is 5.52 Å². The van der Waals surface area contributed by atoms with Gasteiger partial charge in [0.2, 0.25) is 5.78 Å². The number of nitro groups is 1. The number of carbonyl (C=O) groups excluding carboxylic acids is 2. The number of hydrogen-bond donors (Lipinski definition) is 2. The van der Waals surface area contributed by atoms with Gasteiger partial charge in [0, 0.05) is 29.6 Å². The Bertz CT molecular complexity index is 1340. The molecule has 8 heteroatoms. The summed E-state index contributed by atoms with van der Waals surface area (Å²) < 4.78 is 1.56. The maximum absolute atomic E-state index is 13.2. The van der Waals surface area contributed by atoms with E-state index in [0.717, 1.165) is 5.56 Å². The second-order valence-corrected chi connectivity index (χ2v) is 7.05. The highest BCUT2D eigenvalue weighted by atomic mass is 16.6. The second kappa shape index (κ2) is 7.75. The van der Waals surface area contributed by atoms with E-state index in [-0.39, 0.29) is 28.2 Å². The molecule has 0 saturated carbocycles. The largest absolute Gasteiger partial charge is 0.396 e. The number of nitrogens with two attached hydrogens (primary N) is 1. The SMILES string of the molecule is Cc1cccc(NC(=O)c2c(N)c(C(=O)c3ccc([N+](=O)[O-])cc3)n3ccccc23)c1. The van der Waals surface area contributed by atoms with Crippen molar-refractivity contribution in [3.8, 4) is 0 Å². The summed E-state index contributed by atoms with van der Waals surface area (Å²) in [5, 5.41) is 13.7. The lowest BCUT2D eigenvalue weighted by molar-refractivity contribution is -0.384. The van der Waals surface area contributed by atoms with E-state index < -0.39 is 16.6 Å². The number of nitrogen functional groups attached to an aromatic ring is 1. The Balaban J connectivity index is 1.78. The van der Waals surface area contributed by atoms with Crippen molar-refractivity contribution in [1.29, 1.82) is 0 Å². The minimum atomic E-state index is -0.539. The number of non-ortho nitro benzene ring substituents is 1. The van der Waals surface area contributed by atoms with Gasteiger partial charge in [-0.05, 0) is 48.9 Å². The zero-order valence-electron chi connectivity index (χ0n) is 16.5. The summed E-state index contributed by atoms with van der Waals surface area (Å²) in [5.41, 5.74) is 8.85. The second-order valence-electron chi connectivity index (χ2n) is 7.05. The molecule has 31 heavy (non-hydrogen) atoms. The molecule has 0 radical (unpaired) electrons. The Morgan fingerprint density at radius 1 is 1.03 bits per heavy atom. The highest BCUT2D eigenvalue weighted by Crippen LogP contribution is 2.29. The van der Waals surface area contributed by atoms with Gasteiger partial charge in [0.05, 0.1) is 21.7 Å². The molecule has 0 saturated heterocycles. The molecule has 4 rings (SSSR count). The van der Waals surface area contributed by atoms with Crippen LogP contribution >= 0.6 is 0 Å². The summed E-state index contributed by atoms with van der Waals surface area (Å²) in [6.07, 6.45) is 1.65. The number of nitrogens with zero attached hydrogens (tertiary/aromatic N) is 2. The number of nitro benzene ring substituents is 1. The highest BCUT2D eigenvalue weighted by molar-refractivity contribution is 6.20. The van der Waals surface area contributed by atoms with Crippen LogP contribution in [0.5, 0.6) is 0 Å². The van der Waals surface area contributed by atoms with Crippen molar-refractivity contribution < 1.29 is 14.5 Å². The number of carbonyl (C=O) groups is 2. The standard InChI is InChI=1S/C23H18N4O4/c1-14-5-4-6-16(13-14)25-23(29)19-18-7-2-3-12-26(18)21(20(19)24)22(28)15-8-10-17(11-9-15)27(30)31/h2-13H,24H2,1H3,(H,25,29). The number of anilines is 2. The Morgan fingerprint density at radius 2 is 1.77 bits per heavy atom. The zero-order valence-corrected chi connectivity index (χ0v) is 16.5. The smallest absolute Gasteiger partial charge is 0.269 e. The van der Waals surface area contributed by atoms with Crippen molar-refractivity contribution in [2.75, 3.05) is 11.1 Å². The molecular weight excluding hydrogens is 396 g/mol. The van der Waals surface area contributed by atoms with Gasteiger partial charge < -0.3 is 15.5 Å². The maximum Gasteiger partial charge on any atom is 0.269 e. The van der Waals surface area contributed by atoms with Gasteiger partial charge in [-0.3, -0.25) is 19.7 Å². The number of aryl methyl sites for hydroxylation is 1. The first-order chi connectivity index (χ1) is 14.9. The van der Waals surface area contributed by atoms with E-state index in [1.165, 1.54) is 24.3 Å². The van der Waals surface area contributed by atoms with Crippen molar-refractivity contribution in [3.63, 3.8) is 0 Å².